The first-order chi connectivity index (χ1) is 8.08. The van der Waals surface area contributed by atoms with E-state index in [9.17, 15) is 0 Å². The van der Waals surface area contributed by atoms with Crippen LogP contribution in [0.3, 0.4) is 0 Å². The van der Waals surface area contributed by atoms with Crippen LogP contribution < -0.4 is 5.32 Å². The van der Waals surface area contributed by atoms with Gasteiger partial charge < -0.3 is 9.73 Å². The molecule has 0 amide bonds. The highest BCUT2D eigenvalue weighted by Crippen LogP contribution is 2.17. The van der Waals surface area contributed by atoms with Gasteiger partial charge in [-0.15, -0.1) is 0 Å². The molecular weight excluding hydrogens is 214 g/mol. The number of aromatic nitrogens is 2. The number of hydrogen-bond acceptors (Lipinski definition) is 3. The SMILES string of the molecule is Cc1ccc(C(C)NCc2c(C)n[nH]c2C)o1. The Hall–Kier alpha value is -1.55. The van der Waals surface area contributed by atoms with Crippen LogP contribution >= 0.6 is 0 Å². The summed E-state index contributed by atoms with van der Waals surface area (Å²) < 4.78 is 5.59. The minimum atomic E-state index is 0.206. The molecule has 2 aromatic heterocycles. The number of H-pyrrole nitrogens is 1. The Morgan fingerprint density at radius 1 is 1.35 bits per heavy atom. The smallest absolute Gasteiger partial charge is 0.120 e. The van der Waals surface area contributed by atoms with Gasteiger partial charge in [-0.3, -0.25) is 5.10 Å². The van der Waals surface area contributed by atoms with Gasteiger partial charge in [0.2, 0.25) is 0 Å². The van der Waals surface area contributed by atoms with Crippen LogP contribution in [0.1, 0.15) is 41.4 Å². The van der Waals surface area contributed by atoms with Crippen molar-refractivity contribution in [1.82, 2.24) is 15.5 Å². The molecule has 0 saturated carbocycles. The first-order valence-electron chi connectivity index (χ1n) is 5.88. The van der Waals surface area contributed by atoms with Crippen LogP contribution in [0.15, 0.2) is 16.5 Å². The van der Waals surface area contributed by atoms with E-state index in [1.165, 1.54) is 5.56 Å². The maximum absolute atomic E-state index is 5.59. The molecule has 2 heterocycles. The van der Waals surface area contributed by atoms with Crippen molar-refractivity contribution in [1.29, 1.82) is 0 Å². The molecule has 0 saturated heterocycles. The van der Waals surface area contributed by atoms with E-state index in [-0.39, 0.29) is 6.04 Å². The maximum atomic E-state index is 5.59. The Labute approximate surface area is 101 Å². The van der Waals surface area contributed by atoms with Crippen LogP contribution in [0.25, 0.3) is 0 Å². The van der Waals surface area contributed by atoms with Crippen LogP contribution in [-0.2, 0) is 6.54 Å². The van der Waals surface area contributed by atoms with Crippen molar-refractivity contribution in [3.63, 3.8) is 0 Å². The van der Waals surface area contributed by atoms with E-state index in [0.29, 0.717) is 0 Å². The Morgan fingerprint density at radius 3 is 2.65 bits per heavy atom. The normalized spacial score (nSPS) is 12.9. The Bertz CT molecular complexity index is 479. The van der Waals surface area contributed by atoms with E-state index in [2.05, 4.69) is 22.4 Å². The number of hydrogen-bond donors (Lipinski definition) is 2. The molecule has 0 aliphatic carbocycles. The largest absolute Gasteiger partial charge is 0.465 e. The van der Waals surface area contributed by atoms with Crippen molar-refractivity contribution >= 4 is 0 Å². The second-order valence-electron chi connectivity index (χ2n) is 4.46. The molecule has 1 atom stereocenters. The van der Waals surface area contributed by atoms with Gasteiger partial charge in [-0.05, 0) is 39.8 Å². The highest BCUT2D eigenvalue weighted by atomic mass is 16.3. The zero-order chi connectivity index (χ0) is 12.4. The summed E-state index contributed by atoms with van der Waals surface area (Å²) in [5.74, 6) is 1.92. The zero-order valence-corrected chi connectivity index (χ0v) is 10.8. The minimum Gasteiger partial charge on any atom is -0.465 e. The summed E-state index contributed by atoms with van der Waals surface area (Å²) in [6, 6.07) is 4.21. The molecule has 0 aromatic carbocycles. The van der Waals surface area contributed by atoms with Crippen LogP contribution in [0.4, 0.5) is 0 Å². The van der Waals surface area contributed by atoms with Crippen molar-refractivity contribution in [2.45, 2.75) is 40.3 Å². The number of nitrogens with zero attached hydrogens (tertiary/aromatic N) is 1. The van der Waals surface area contributed by atoms with Gasteiger partial charge in [0.1, 0.15) is 11.5 Å². The molecule has 2 aromatic rings. The maximum Gasteiger partial charge on any atom is 0.120 e. The fourth-order valence-electron chi connectivity index (χ4n) is 1.88. The lowest BCUT2D eigenvalue weighted by Gasteiger charge is -2.11. The average Bonchev–Trinajstić information content (AvgIpc) is 2.84. The third-order valence-electron chi connectivity index (χ3n) is 3.05. The van der Waals surface area contributed by atoms with Gasteiger partial charge in [0, 0.05) is 17.8 Å². The first-order valence-corrected chi connectivity index (χ1v) is 5.88. The lowest BCUT2D eigenvalue weighted by atomic mass is 10.2. The Kier molecular flexibility index (Phi) is 3.33. The number of aryl methyl sites for hydroxylation is 3. The summed E-state index contributed by atoms with van der Waals surface area (Å²) in [7, 11) is 0. The molecule has 0 spiro atoms. The number of aromatic amines is 1. The van der Waals surface area contributed by atoms with Crippen molar-refractivity contribution in [3.05, 3.63) is 40.6 Å². The van der Waals surface area contributed by atoms with E-state index in [4.69, 9.17) is 4.42 Å². The summed E-state index contributed by atoms with van der Waals surface area (Å²) in [5, 5.41) is 10.6. The number of rotatable bonds is 4. The minimum absolute atomic E-state index is 0.206. The second-order valence-corrected chi connectivity index (χ2v) is 4.46. The highest BCUT2D eigenvalue weighted by Gasteiger charge is 2.11. The van der Waals surface area contributed by atoms with Crippen LogP contribution in [0.2, 0.25) is 0 Å². The van der Waals surface area contributed by atoms with E-state index < -0.39 is 0 Å². The van der Waals surface area contributed by atoms with Crippen LogP contribution in [0.5, 0.6) is 0 Å². The number of furan rings is 1. The molecule has 2 N–H and O–H groups in total. The molecule has 4 heteroatoms. The van der Waals surface area contributed by atoms with Gasteiger partial charge in [0.15, 0.2) is 0 Å². The Balaban J connectivity index is 1.99. The van der Waals surface area contributed by atoms with Gasteiger partial charge in [-0.25, -0.2) is 0 Å². The molecule has 0 aliphatic rings. The lowest BCUT2D eigenvalue weighted by molar-refractivity contribution is 0.415. The van der Waals surface area contributed by atoms with E-state index in [1.807, 2.05) is 32.9 Å². The molecule has 0 bridgehead atoms. The first kappa shape index (κ1) is 11.9. The molecule has 0 radical (unpaired) electrons. The second kappa shape index (κ2) is 4.75. The van der Waals surface area contributed by atoms with Crippen molar-refractivity contribution < 1.29 is 4.42 Å². The molecule has 0 aliphatic heterocycles. The third kappa shape index (κ3) is 2.58. The summed E-state index contributed by atoms with van der Waals surface area (Å²) in [6.07, 6.45) is 0. The Morgan fingerprint density at radius 2 is 2.12 bits per heavy atom. The summed E-state index contributed by atoms with van der Waals surface area (Å²) in [4.78, 5) is 0. The van der Waals surface area contributed by atoms with Crippen molar-refractivity contribution in [3.8, 4) is 0 Å². The molecule has 4 nitrogen and oxygen atoms in total. The average molecular weight is 233 g/mol. The predicted octanol–water partition coefficient (Wildman–Crippen LogP) is 2.78. The van der Waals surface area contributed by atoms with Gasteiger partial charge in [0.25, 0.3) is 0 Å². The highest BCUT2D eigenvalue weighted by molar-refractivity contribution is 5.23. The van der Waals surface area contributed by atoms with Crippen LogP contribution in [0, 0.1) is 20.8 Å². The van der Waals surface area contributed by atoms with E-state index in [0.717, 1.165) is 29.5 Å². The van der Waals surface area contributed by atoms with Crippen molar-refractivity contribution in [2.75, 3.05) is 0 Å². The van der Waals surface area contributed by atoms with Gasteiger partial charge in [-0.1, -0.05) is 0 Å². The quantitative estimate of drug-likeness (QED) is 0.853. The molecular formula is C13H19N3O. The van der Waals surface area contributed by atoms with Gasteiger partial charge in [-0.2, -0.15) is 5.10 Å². The van der Waals surface area contributed by atoms with E-state index in [1.54, 1.807) is 0 Å². The van der Waals surface area contributed by atoms with Gasteiger partial charge in [0.05, 0.1) is 11.7 Å². The van der Waals surface area contributed by atoms with Crippen LogP contribution in [-0.4, -0.2) is 10.2 Å². The lowest BCUT2D eigenvalue weighted by Crippen LogP contribution is -2.18. The summed E-state index contributed by atoms with van der Waals surface area (Å²) in [5.41, 5.74) is 3.41. The standard InChI is InChI=1S/C13H19N3O/c1-8-5-6-13(17-8)11(4)14-7-12-9(2)15-16-10(12)3/h5-6,11,14H,7H2,1-4H3,(H,15,16). The molecule has 17 heavy (non-hydrogen) atoms. The van der Waals surface area contributed by atoms with Gasteiger partial charge >= 0.3 is 0 Å². The summed E-state index contributed by atoms with van der Waals surface area (Å²) >= 11 is 0. The van der Waals surface area contributed by atoms with E-state index >= 15 is 0 Å². The summed E-state index contributed by atoms with van der Waals surface area (Å²) in [6.45, 7) is 8.92. The molecule has 0 fully saturated rings. The molecule has 1 unspecified atom stereocenters. The van der Waals surface area contributed by atoms with Crippen molar-refractivity contribution in [2.24, 2.45) is 0 Å². The predicted molar refractivity (Wildman–Crippen MR) is 66.8 cm³/mol. The topological polar surface area (TPSA) is 53.9 Å². The molecule has 2 rings (SSSR count). The zero-order valence-electron chi connectivity index (χ0n) is 10.8. The fraction of sp³-hybridized carbons (Fsp3) is 0.462. The number of nitrogens with one attached hydrogen (secondary N) is 2. The fourth-order valence-corrected chi connectivity index (χ4v) is 1.88. The molecule has 92 valence electrons. The monoisotopic (exact) mass is 233 g/mol. The third-order valence-corrected chi connectivity index (χ3v) is 3.05.